The third kappa shape index (κ3) is 3.22. The van der Waals surface area contributed by atoms with Crippen molar-refractivity contribution in [2.75, 3.05) is 23.4 Å². The molecule has 0 saturated heterocycles. The summed E-state index contributed by atoms with van der Waals surface area (Å²) >= 11 is 4.77. The number of ether oxygens (including phenoxy) is 1. The van der Waals surface area contributed by atoms with E-state index in [-0.39, 0.29) is 25.0 Å². The maximum Gasteiger partial charge on any atom is 0.265 e. The molecular weight excluding hydrogens is 406 g/mol. The lowest BCUT2D eigenvalue weighted by Crippen LogP contribution is -2.43. The molecule has 6 nitrogen and oxygen atoms in total. The van der Waals surface area contributed by atoms with Crippen molar-refractivity contribution in [3.05, 3.63) is 46.9 Å². The molecule has 126 valence electrons. The van der Waals surface area contributed by atoms with Crippen molar-refractivity contribution in [3.8, 4) is 5.75 Å². The zero-order chi connectivity index (χ0) is 17.4. The first-order valence-electron chi connectivity index (χ1n) is 7.48. The molecule has 0 fully saturated rings. The van der Waals surface area contributed by atoms with Gasteiger partial charge in [-0.3, -0.25) is 14.5 Å². The second-order valence-corrected chi connectivity index (χ2v) is 7.36. The van der Waals surface area contributed by atoms with Crippen molar-refractivity contribution in [1.82, 2.24) is 4.98 Å². The molecule has 1 aliphatic heterocycles. The Bertz CT molecular complexity index is 955. The Hall–Kier alpha value is -2.45. The summed E-state index contributed by atoms with van der Waals surface area (Å²) in [7, 11) is 0. The summed E-state index contributed by atoms with van der Waals surface area (Å²) in [5, 5.41) is 3.28. The summed E-state index contributed by atoms with van der Waals surface area (Å²) in [6, 6.07) is 13.0. The number of rotatable bonds is 3. The Balaban J connectivity index is 1.53. The minimum Gasteiger partial charge on any atom is -0.482 e. The van der Waals surface area contributed by atoms with Gasteiger partial charge in [0.25, 0.3) is 5.91 Å². The van der Waals surface area contributed by atoms with Crippen molar-refractivity contribution in [2.45, 2.75) is 0 Å². The van der Waals surface area contributed by atoms with E-state index in [4.69, 9.17) is 4.74 Å². The molecule has 2 heterocycles. The van der Waals surface area contributed by atoms with Crippen LogP contribution in [0.15, 0.2) is 46.9 Å². The number of thiazole rings is 1. The second kappa shape index (κ2) is 6.45. The molecule has 2 aromatic carbocycles. The number of nitrogens with one attached hydrogen (secondary N) is 1. The molecule has 0 radical (unpaired) electrons. The lowest BCUT2D eigenvalue weighted by atomic mass is 10.2. The van der Waals surface area contributed by atoms with Gasteiger partial charge in [-0.25, -0.2) is 4.98 Å². The third-order valence-electron chi connectivity index (χ3n) is 3.71. The fourth-order valence-electron chi connectivity index (χ4n) is 2.58. The highest BCUT2D eigenvalue weighted by molar-refractivity contribution is 9.10. The summed E-state index contributed by atoms with van der Waals surface area (Å²) in [5.74, 6) is 0.0132. The molecule has 3 aromatic rings. The van der Waals surface area contributed by atoms with Gasteiger partial charge < -0.3 is 10.1 Å². The monoisotopic (exact) mass is 417 g/mol. The SMILES string of the molecule is O=C(CN1C(=O)COc2cc(Br)ccc21)Nc1nc2ccccc2s1. The first kappa shape index (κ1) is 16.0. The number of para-hydroxylation sites is 1. The van der Waals surface area contributed by atoms with E-state index in [1.54, 1.807) is 18.2 Å². The molecule has 25 heavy (non-hydrogen) atoms. The van der Waals surface area contributed by atoms with Gasteiger partial charge >= 0.3 is 0 Å². The number of carbonyl (C=O) groups is 2. The van der Waals surface area contributed by atoms with Crippen molar-refractivity contribution in [3.63, 3.8) is 0 Å². The van der Waals surface area contributed by atoms with Gasteiger partial charge in [0.15, 0.2) is 11.7 Å². The van der Waals surface area contributed by atoms with Crippen LogP contribution in [0.1, 0.15) is 0 Å². The average molecular weight is 418 g/mol. The van der Waals surface area contributed by atoms with Gasteiger partial charge in [0.05, 0.1) is 15.9 Å². The molecular formula is C17H12BrN3O3S. The maximum atomic E-state index is 12.4. The van der Waals surface area contributed by atoms with Gasteiger partial charge in [0.2, 0.25) is 5.91 Å². The van der Waals surface area contributed by atoms with E-state index in [0.29, 0.717) is 16.6 Å². The Kier molecular flexibility index (Phi) is 4.14. The van der Waals surface area contributed by atoms with E-state index in [1.807, 2.05) is 24.3 Å². The summed E-state index contributed by atoms with van der Waals surface area (Å²) < 4.78 is 7.27. The molecule has 4 rings (SSSR count). The zero-order valence-corrected chi connectivity index (χ0v) is 15.3. The predicted molar refractivity (Wildman–Crippen MR) is 100 cm³/mol. The van der Waals surface area contributed by atoms with Gasteiger partial charge in [-0.05, 0) is 30.3 Å². The summed E-state index contributed by atoms with van der Waals surface area (Å²) in [6.07, 6.45) is 0. The van der Waals surface area contributed by atoms with Gasteiger partial charge in [0, 0.05) is 4.47 Å². The molecule has 2 amide bonds. The number of anilines is 2. The van der Waals surface area contributed by atoms with E-state index >= 15 is 0 Å². The van der Waals surface area contributed by atoms with E-state index < -0.39 is 0 Å². The molecule has 0 spiro atoms. The largest absolute Gasteiger partial charge is 0.482 e. The van der Waals surface area contributed by atoms with Crippen LogP contribution in [0, 0.1) is 0 Å². The Morgan fingerprint density at radius 3 is 3.00 bits per heavy atom. The number of halogens is 1. The summed E-state index contributed by atoms with van der Waals surface area (Å²) in [6.45, 7) is -0.176. The number of fused-ring (bicyclic) bond motifs is 2. The number of hydrogen-bond donors (Lipinski definition) is 1. The first-order chi connectivity index (χ1) is 12.1. The topological polar surface area (TPSA) is 71.5 Å². The van der Waals surface area contributed by atoms with Crippen molar-refractivity contribution >= 4 is 60.1 Å². The van der Waals surface area contributed by atoms with Gasteiger partial charge in [0.1, 0.15) is 12.3 Å². The quantitative estimate of drug-likeness (QED) is 0.708. The normalized spacial score (nSPS) is 13.5. The second-order valence-electron chi connectivity index (χ2n) is 5.42. The van der Waals surface area contributed by atoms with Crippen LogP contribution in [0.4, 0.5) is 10.8 Å². The van der Waals surface area contributed by atoms with Crippen LogP contribution in [0.25, 0.3) is 10.2 Å². The standard InChI is InChI=1S/C17H12BrN3O3S/c18-10-5-6-12-13(7-10)24-9-16(23)21(12)8-15(22)20-17-19-11-3-1-2-4-14(11)25-17/h1-7H,8-9H2,(H,19,20,22). The van der Waals surface area contributed by atoms with Gasteiger partial charge in [-0.15, -0.1) is 0 Å². The van der Waals surface area contributed by atoms with Crippen LogP contribution >= 0.6 is 27.3 Å². The van der Waals surface area contributed by atoms with Crippen molar-refractivity contribution in [1.29, 1.82) is 0 Å². The number of aromatic nitrogens is 1. The van der Waals surface area contributed by atoms with Crippen LogP contribution in [0.3, 0.4) is 0 Å². The number of benzene rings is 2. The summed E-state index contributed by atoms with van der Waals surface area (Å²) in [5.41, 5.74) is 1.42. The lowest BCUT2D eigenvalue weighted by Gasteiger charge is -2.28. The van der Waals surface area contributed by atoms with E-state index in [2.05, 4.69) is 26.2 Å². The molecule has 8 heteroatoms. The van der Waals surface area contributed by atoms with E-state index in [1.165, 1.54) is 16.2 Å². The minimum atomic E-state index is -0.303. The van der Waals surface area contributed by atoms with Crippen LogP contribution in [0.5, 0.6) is 5.75 Å². The van der Waals surface area contributed by atoms with Crippen molar-refractivity contribution in [2.24, 2.45) is 0 Å². The van der Waals surface area contributed by atoms with Crippen LogP contribution in [-0.4, -0.2) is 29.9 Å². The van der Waals surface area contributed by atoms with Crippen LogP contribution in [-0.2, 0) is 9.59 Å². The van der Waals surface area contributed by atoms with Crippen molar-refractivity contribution < 1.29 is 14.3 Å². The number of hydrogen-bond acceptors (Lipinski definition) is 5. The molecule has 0 saturated carbocycles. The third-order valence-corrected chi connectivity index (χ3v) is 5.15. The maximum absolute atomic E-state index is 12.4. The zero-order valence-electron chi connectivity index (χ0n) is 12.9. The Labute approximate surface area is 155 Å². The Morgan fingerprint density at radius 2 is 2.16 bits per heavy atom. The van der Waals surface area contributed by atoms with Gasteiger partial charge in [-0.2, -0.15) is 0 Å². The average Bonchev–Trinajstić information content (AvgIpc) is 2.99. The van der Waals surface area contributed by atoms with E-state index in [0.717, 1.165) is 14.7 Å². The van der Waals surface area contributed by atoms with Crippen LogP contribution < -0.4 is 15.0 Å². The fourth-order valence-corrected chi connectivity index (χ4v) is 3.80. The highest BCUT2D eigenvalue weighted by atomic mass is 79.9. The lowest BCUT2D eigenvalue weighted by molar-refractivity contribution is -0.123. The molecule has 0 atom stereocenters. The number of carbonyl (C=O) groups excluding carboxylic acids is 2. The summed E-state index contributed by atoms with van der Waals surface area (Å²) in [4.78, 5) is 30.4. The minimum absolute atomic E-state index is 0.0854. The smallest absolute Gasteiger partial charge is 0.265 e. The number of nitrogens with zero attached hydrogens (tertiary/aromatic N) is 2. The highest BCUT2D eigenvalue weighted by Crippen LogP contribution is 2.34. The number of amides is 2. The van der Waals surface area contributed by atoms with E-state index in [9.17, 15) is 9.59 Å². The van der Waals surface area contributed by atoms with Gasteiger partial charge in [-0.1, -0.05) is 39.4 Å². The fraction of sp³-hybridized carbons (Fsp3) is 0.118. The molecule has 1 aliphatic rings. The highest BCUT2D eigenvalue weighted by Gasteiger charge is 2.27. The van der Waals surface area contributed by atoms with Crippen LogP contribution in [0.2, 0.25) is 0 Å². The first-order valence-corrected chi connectivity index (χ1v) is 9.09. The predicted octanol–water partition coefficient (Wildman–Crippen LogP) is 3.42. The molecule has 1 N–H and O–H groups in total. The molecule has 0 bridgehead atoms. The molecule has 0 aliphatic carbocycles. The molecule has 1 aromatic heterocycles. The molecule has 0 unspecified atom stereocenters. The Morgan fingerprint density at radius 1 is 1.32 bits per heavy atom.